The summed E-state index contributed by atoms with van der Waals surface area (Å²) < 4.78 is 0. The number of hydrogen-bond acceptors (Lipinski definition) is 19. The third-order valence-corrected chi connectivity index (χ3v) is 20.4. The minimum absolute atomic E-state index is 0.0314. The molecule has 0 bridgehead atoms. The van der Waals surface area contributed by atoms with E-state index in [1.54, 1.807) is 109 Å². The van der Waals surface area contributed by atoms with E-state index in [1.807, 2.05) is 62.4 Å². The van der Waals surface area contributed by atoms with Crippen LogP contribution in [0.1, 0.15) is 80.3 Å². The second kappa shape index (κ2) is 42.5. The fourth-order valence-corrected chi connectivity index (χ4v) is 14.2. The van der Waals surface area contributed by atoms with E-state index >= 15 is 19.2 Å². The van der Waals surface area contributed by atoms with E-state index in [9.17, 15) is 54.0 Å². The maximum absolute atomic E-state index is 15.6. The van der Waals surface area contributed by atoms with E-state index in [0.29, 0.717) is 47.2 Å². The summed E-state index contributed by atoms with van der Waals surface area (Å²) in [5, 5.41) is 72.4. The number of carboxylic acid groups (broad SMARTS) is 1. The lowest BCUT2D eigenvalue weighted by Gasteiger charge is -2.30. The fourth-order valence-electron chi connectivity index (χ4n) is 11.8. The van der Waals surface area contributed by atoms with Gasteiger partial charge in [0, 0.05) is 63.2 Å². The Morgan fingerprint density at radius 3 is 1.25 bits per heavy atom. The highest BCUT2D eigenvalue weighted by atomic mass is 33.1. The second-order valence-electron chi connectivity index (χ2n) is 26.8. The van der Waals surface area contributed by atoms with Crippen LogP contribution in [0.4, 0.5) is 0 Å². The number of carbonyl (C=O) groups excluding carboxylic acids is 10. The number of nitrogens with two attached hydrogens (primary N) is 2. The van der Waals surface area contributed by atoms with E-state index in [-0.39, 0.29) is 62.6 Å². The molecule has 0 radical (unpaired) electrons. The normalized spacial score (nSPS) is 23.6. The molecule has 30 heteroatoms. The number of nitrogens with one attached hydrogen (secondary N) is 10. The molecule has 28 nitrogen and oxygen atoms in total. The average molecular weight is 1510 g/mol. The lowest BCUT2D eigenvalue weighted by Crippen LogP contribution is -2.63. The van der Waals surface area contributed by atoms with Crippen LogP contribution < -0.4 is 64.6 Å². The molecular weight excluding hydrogens is 1410 g/mol. The summed E-state index contributed by atoms with van der Waals surface area (Å²) >= 11 is 0. The van der Waals surface area contributed by atoms with Gasteiger partial charge in [0.1, 0.15) is 60.4 Å². The standard InChI is InChI=1S/C77H99N13O15S2/c1-45(2)80-41-52-30-28-51(29-31-52)39-60-72(99)88-65(46(3)92)74(101)86-61(38-50-23-13-8-14-24-50)73(100)89-66(47(4)93)75(102)87-63(42-91)76(103)90(5)64(77(104)105)44-107-106-43-56(79)67(94)81-57(27-17-18-34-78)68(95)82-58(36-48-19-9-6-10-20-48)69(96)83-59(37-49-21-11-7-12-22-49)70(97)85-62(71(98)84-60)40-53-32-33-54-25-15-16-26-55(54)35-53/h6-16,19-26,28-33,35,45-47,56-66,80,91-93H,17-18,27,34,36-44,78-79H2,1-5H3,(H,81,94)(H,82,95)(H,83,96)(H,84,98)(H,85,97)(H,86,101)(H,87,102)(H,88,99)(H,89,100)(H,104,105). The second-order valence-corrected chi connectivity index (χ2v) is 29.4. The number of amides is 10. The maximum atomic E-state index is 15.6. The number of carboxylic acids is 1. The van der Waals surface area contributed by atoms with Crippen LogP contribution in [0.25, 0.3) is 10.8 Å². The number of aliphatic hydroxyl groups is 3. The van der Waals surface area contributed by atoms with Crippen molar-refractivity contribution in [3.63, 3.8) is 0 Å². The molecule has 0 aromatic heterocycles. The minimum atomic E-state index is -1.91. The van der Waals surface area contributed by atoms with Crippen molar-refractivity contribution in [1.82, 2.24) is 58.1 Å². The van der Waals surface area contributed by atoms with Gasteiger partial charge in [-0.25, -0.2) is 4.79 Å². The largest absolute Gasteiger partial charge is 0.480 e. The third kappa shape index (κ3) is 26.6. The van der Waals surface area contributed by atoms with Gasteiger partial charge in [0.25, 0.3) is 0 Å². The van der Waals surface area contributed by atoms with Gasteiger partial charge in [0.2, 0.25) is 59.1 Å². The first kappa shape index (κ1) is 84.5. The van der Waals surface area contributed by atoms with Crippen LogP contribution in [-0.4, -0.2) is 207 Å². The van der Waals surface area contributed by atoms with Crippen molar-refractivity contribution in [3.05, 3.63) is 191 Å². The zero-order valence-electron chi connectivity index (χ0n) is 60.5. The van der Waals surface area contributed by atoms with Crippen LogP contribution in [0.5, 0.6) is 0 Å². The molecule has 6 aromatic carbocycles. The monoisotopic (exact) mass is 1510 g/mol. The van der Waals surface area contributed by atoms with Crippen molar-refractivity contribution < 1.29 is 73.2 Å². The third-order valence-electron chi connectivity index (χ3n) is 17.9. The highest BCUT2D eigenvalue weighted by molar-refractivity contribution is 8.76. The molecule has 7 rings (SSSR count). The van der Waals surface area contributed by atoms with Crippen LogP contribution in [0, 0.1) is 0 Å². The first-order chi connectivity index (χ1) is 51.2. The smallest absolute Gasteiger partial charge is 0.327 e. The molecule has 1 fully saturated rings. The van der Waals surface area contributed by atoms with E-state index in [4.69, 9.17) is 11.5 Å². The number of aliphatic carboxylic acids is 1. The van der Waals surface area contributed by atoms with Crippen LogP contribution in [0.15, 0.2) is 158 Å². The molecule has 1 aliphatic rings. The van der Waals surface area contributed by atoms with Crippen LogP contribution in [0.2, 0.25) is 0 Å². The first-order valence-electron chi connectivity index (χ1n) is 35.5. The lowest BCUT2D eigenvalue weighted by atomic mass is 9.98. The van der Waals surface area contributed by atoms with Gasteiger partial charge in [-0.05, 0) is 83.8 Å². The molecule has 1 saturated heterocycles. The van der Waals surface area contributed by atoms with Gasteiger partial charge in [0.15, 0.2) is 0 Å². The number of fused-ring (bicyclic) bond motifs is 1. The number of nitrogens with zero attached hydrogens (tertiary/aromatic N) is 1. The van der Waals surface area contributed by atoms with Crippen LogP contribution in [0.3, 0.4) is 0 Å². The molecular formula is C77H99N13O15S2. The molecule has 1 heterocycles. The minimum Gasteiger partial charge on any atom is -0.480 e. The Morgan fingerprint density at radius 2 is 0.822 bits per heavy atom. The van der Waals surface area contributed by atoms with Gasteiger partial charge in [-0.1, -0.05) is 193 Å². The summed E-state index contributed by atoms with van der Waals surface area (Å²) in [5.41, 5.74) is 15.9. The van der Waals surface area contributed by atoms with Crippen molar-refractivity contribution in [2.75, 3.05) is 31.7 Å². The maximum Gasteiger partial charge on any atom is 0.327 e. The lowest BCUT2D eigenvalue weighted by molar-refractivity contribution is -0.149. The highest BCUT2D eigenvalue weighted by Gasteiger charge is 2.40. The molecule has 13 atom stereocenters. The number of benzene rings is 6. The van der Waals surface area contributed by atoms with E-state index in [2.05, 4.69) is 53.2 Å². The van der Waals surface area contributed by atoms with E-state index < -0.39 is 150 Å². The predicted molar refractivity (Wildman–Crippen MR) is 408 cm³/mol. The molecule has 6 aromatic rings. The topological polar surface area (TPSA) is 444 Å². The van der Waals surface area contributed by atoms with Crippen molar-refractivity contribution in [2.45, 2.75) is 170 Å². The first-order valence-corrected chi connectivity index (χ1v) is 38.0. The predicted octanol–water partition coefficient (Wildman–Crippen LogP) is 0.731. The molecule has 574 valence electrons. The van der Waals surface area contributed by atoms with Crippen molar-refractivity contribution in [2.24, 2.45) is 11.5 Å². The Labute approximate surface area is 630 Å². The summed E-state index contributed by atoms with van der Waals surface area (Å²) in [6, 6.07) is 28.3. The van der Waals surface area contributed by atoms with Gasteiger partial charge in [-0.15, -0.1) is 0 Å². The number of hydrogen-bond donors (Lipinski definition) is 16. The van der Waals surface area contributed by atoms with Gasteiger partial charge in [-0.2, -0.15) is 0 Å². The number of likely N-dealkylation sites (N-methyl/N-ethyl adjacent to an activating group) is 1. The molecule has 0 spiro atoms. The quantitative estimate of drug-likeness (QED) is 0.0349. The van der Waals surface area contributed by atoms with Crippen molar-refractivity contribution >= 4 is 97.4 Å². The van der Waals surface area contributed by atoms with Gasteiger partial charge in [0.05, 0.1) is 24.9 Å². The van der Waals surface area contributed by atoms with Crippen LogP contribution >= 0.6 is 21.6 Å². The van der Waals surface area contributed by atoms with Crippen molar-refractivity contribution in [1.29, 1.82) is 0 Å². The fraction of sp³-hybridized carbons (Fsp3) is 0.416. The number of rotatable bonds is 21. The molecule has 13 unspecified atom stereocenters. The zero-order chi connectivity index (χ0) is 77.7. The van der Waals surface area contributed by atoms with Gasteiger partial charge >= 0.3 is 5.97 Å². The molecule has 1 aliphatic heterocycles. The van der Waals surface area contributed by atoms with Crippen LogP contribution in [-0.2, 0) is 91.4 Å². The number of carbonyl (C=O) groups is 11. The molecule has 0 saturated carbocycles. The zero-order valence-corrected chi connectivity index (χ0v) is 62.1. The van der Waals surface area contributed by atoms with E-state index in [0.717, 1.165) is 56.8 Å². The summed E-state index contributed by atoms with van der Waals surface area (Å²) in [4.78, 5) is 161. The Bertz CT molecular complexity index is 3960. The molecule has 10 amide bonds. The average Bonchev–Trinajstić information content (AvgIpc) is 0.835. The molecule has 0 aliphatic carbocycles. The van der Waals surface area contributed by atoms with Gasteiger partial charge in [-0.3, -0.25) is 47.9 Å². The SMILES string of the molecule is CC(C)NCc1ccc(CC2NC(=O)C(Cc3ccc4ccccc4c3)NC(=O)C(Cc3ccccc3)NC(=O)C(Cc3ccccc3)NC(=O)C(CCCCN)NC(=O)C(N)CSSCC(C(=O)O)N(C)C(=O)C(CO)NC(=O)C(C(C)O)NC(=O)C(Cc3ccccc3)NC(=O)C(C(C)O)NC2=O)cc1. The summed E-state index contributed by atoms with van der Waals surface area (Å²) in [6.07, 6.45) is -3.65. The molecule has 107 heavy (non-hydrogen) atoms. The van der Waals surface area contributed by atoms with E-state index in [1.165, 1.54) is 6.92 Å². The Balaban J connectivity index is 1.33. The molecule has 18 N–H and O–H groups in total. The van der Waals surface area contributed by atoms with Gasteiger partial charge < -0.3 is 90.0 Å². The number of aliphatic hydroxyl groups excluding tert-OH is 3. The Kier molecular flexibility index (Phi) is 33.6. The Morgan fingerprint density at radius 1 is 0.458 bits per heavy atom. The Hall–Kier alpha value is -9.79. The highest BCUT2D eigenvalue weighted by Crippen LogP contribution is 2.25. The summed E-state index contributed by atoms with van der Waals surface area (Å²) in [7, 11) is 2.99. The van der Waals surface area contributed by atoms with Crippen molar-refractivity contribution in [3.8, 4) is 0 Å². The number of unbranched alkanes of at least 4 members (excludes halogenated alkanes) is 1. The summed E-state index contributed by atoms with van der Waals surface area (Å²) in [5.74, 6) is -11.7. The summed E-state index contributed by atoms with van der Waals surface area (Å²) in [6.45, 7) is 5.95.